The van der Waals surface area contributed by atoms with Crippen LogP contribution in [0.15, 0.2) is 21.9 Å². The summed E-state index contributed by atoms with van der Waals surface area (Å²) in [5, 5.41) is 3.65. The predicted molar refractivity (Wildman–Crippen MR) is 112 cm³/mol. The number of H-pyrrole nitrogens is 1. The fraction of sp³-hybridized carbons (Fsp3) is 0.500. The molecule has 3 heterocycles. The Morgan fingerprint density at radius 1 is 1.10 bits per heavy atom. The first-order chi connectivity index (χ1) is 14.1. The molecule has 1 N–H and O–H groups in total. The van der Waals surface area contributed by atoms with Crippen molar-refractivity contribution in [1.29, 1.82) is 0 Å². The maximum Gasteiger partial charge on any atom is 0.271 e. The molecule has 0 saturated carbocycles. The van der Waals surface area contributed by atoms with Gasteiger partial charge < -0.3 is 18.9 Å². The van der Waals surface area contributed by atoms with Crippen molar-refractivity contribution in [2.24, 2.45) is 4.99 Å². The Hall–Kier alpha value is -2.39. The van der Waals surface area contributed by atoms with Crippen molar-refractivity contribution in [2.75, 3.05) is 34.5 Å². The summed E-state index contributed by atoms with van der Waals surface area (Å²) in [6.07, 6.45) is 1.70. The molecule has 2 aromatic rings. The molecule has 0 spiro atoms. The molecular weight excluding hydrogens is 394 g/mol. The smallest absolute Gasteiger partial charge is 0.271 e. The zero-order chi connectivity index (χ0) is 20.5. The number of aromatic nitrogens is 2. The number of fused-ring (bicyclic) bond motifs is 1. The van der Waals surface area contributed by atoms with Crippen molar-refractivity contribution in [2.45, 2.75) is 31.1 Å². The number of nitrogens with one attached hydrogen (secondary N) is 1. The first kappa shape index (κ1) is 19.9. The number of thioether (sulfide) groups is 1. The molecule has 0 radical (unpaired) electrons. The molecule has 9 heteroatoms. The number of methoxy groups -OCH3 is 3. The summed E-state index contributed by atoms with van der Waals surface area (Å²) in [4.78, 5) is 17.7. The number of rotatable bonds is 5. The van der Waals surface area contributed by atoms with Crippen LogP contribution in [0.3, 0.4) is 0 Å². The summed E-state index contributed by atoms with van der Waals surface area (Å²) in [7, 11) is 4.78. The molecule has 0 bridgehead atoms. The minimum absolute atomic E-state index is 0.128. The molecule has 1 saturated heterocycles. The average Bonchev–Trinajstić information content (AvgIpc) is 3.08. The highest BCUT2D eigenvalue weighted by molar-refractivity contribution is 8.14. The van der Waals surface area contributed by atoms with Gasteiger partial charge in [-0.15, -0.1) is 0 Å². The molecule has 0 amide bonds. The summed E-state index contributed by atoms with van der Waals surface area (Å²) >= 11 is 1.53. The molecule has 1 atom stereocenters. The lowest BCUT2D eigenvalue weighted by Crippen LogP contribution is -2.21. The van der Waals surface area contributed by atoms with Gasteiger partial charge in [-0.05, 0) is 25.8 Å². The number of ether oxygens (including phenoxy) is 4. The lowest BCUT2D eigenvalue weighted by molar-refractivity contribution is 0.0666. The highest BCUT2D eigenvalue weighted by atomic mass is 32.2. The van der Waals surface area contributed by atoms with Gasteiger partial charge in [-0.2, -0.15) is 0 Å². The number of aromatic amines is 1. The van der Waals surface area contributed by atoms with Gasteiger partial charge in [0.05, 0.1) is 43.2 Å². The molecule has 4 rings (SSSR count). The number of benzene rings is 1. The van der Waals surface area contributed by atoms with Crippen molar-refractivity contribution in [3.8, 4) is 17.2 Å². The molecule has 2 aliphatic heterocycles. The van der Waals surface area contributed by atoms with Crippen LogP contribution in [0.2, 0.25) is 0 Å². The molecule has 1 aromatic carbocycles. The van der Waals surface area contributed by atoms with E-state index in [4.69, 9.17) is 23.9 Å². The Bertz CT molecular complexity index is 991. The van der Waals surface area contributed by atoms with E-state index in [1.807, 2.05) is 17.7 Å². The SMILES string of the molecule is COc1cc(OC)c([C@H]2SC(C)=Nc3c2c(=O)[nH]n3C2CCOCC2)cc1OC. The van der Waals surface area contributed by atoms with Crippen LogP contribution >= 0.6 is 11.8 Å². The maximum absolute atomic E-state index is 13.0. The first-order valence-electron chi connectivity index (χ1n) is 9.51. The normalized spacial score (nSPS) is 19.4. The standard InChI is InChI=1S/C20H25N3O5S/c1-11-21-19-17(20(24)22-23(19)12-5-7-28-8-6-12)18(29-11)13-9-15(26-3)16(27-4)10-14(13)25-2/h9-10,12,18H,5-8H2,1-4H3,(H,22,24)/t18-/m1/s1. The van der Waals surface area contributed by atoms with Gasteiger partial charge in [-0.3, -0.25) is 14.6 Å². The van der Waals surface area contributed by atoms with E-state index < -0.39 is 0 Å². The third-order valence-electron chi connectivity index (χ3n) is 5.32. The van der Waals surface area contributed by atoms with E-state index in [1.165, 1.54) is 11.8 Å². The van der Waals surface area contributed by atoms with Gasteiger partial charge in [0, 0.05) is 24.8 Å². The second-order valence-electron chi connectivity index (χ2n) is 6.97. The van der Waals surface area contributed by atoms with Gasteiger partial charge >= 0.3 is 0 Å². The molecule has 1 aromatic heterocycles. The Morgan fingerprint density at radius 3 is 2.41 bits per heavy atom. The zero-order valence-electron chi connectivity index (χ0n) is 17.0. The Kier molecular flexibility index (Phi) is 5.60. The van der Waals surface area contributed by atoms with Crippen LogP contribution in [0, 0.1) is 0 Å². The van der Waals surface area contributed by atoms with E-state index in [9.17, 15) is 4.79 Å². The highest BCUT2D eigenvalue weighted by Gasteiger charge is 2.34. The van der Waals surface area contributed by atoms with Crippen molar-refractivity contribution >= 4 is 22.6 Å². The van der Waals surface area contributed by atoms with E-state index in [0.717, 1.165) is 23.4 Å². The predicted octanol–water partition coefficient (Wildman–Crippen LogP) is 3.44. The van der Waals surface area contributed by atoms with Crippen LogP contribution < -0.4 is 19.8 Å². The lowest BCUT2D eigenvalue weighted by atomic mass is 10.0. The molecule has 8 nitrogen and oxygen atoms in total. The first-order valence-corrected chi connectivity index (χ1v) is 10.4. The molecule has 29 heavy (non-hydrogen) atoms. The monoisotopic (exact) mass is 419 g/mol. The van der Waals surface area contributed by atoms with E-state index in [-0.39, 0.29) is 16.9 Å². The Balaban J connectivity index is 1.86. The van der Waals surface area contributed by atoms with Gasteiger partial charge in [0.25, 0.3) is 5.56 Å². The van der Waals surface area contributed by atoms with Gasteiger partial charge in [0.1, 0.15) is 5.75 Å². The van der Waals surface area contributed by atoms with Crippen molar-refractivity contribution < 1.29 is 18.9 Å². The molecular formula is C20H25N3O5S. The van der Waals surface area contributed by atoms with Crippen molar-refractivity contribution in [3.63, 3.8) is 0 Å². The molecule has 1 fully saturated rings. The van der Waals surface area contributed by atoms with Crippen LogP contribution in [0.25, 0.3) is 0 Å². The van der Waals surface area contributed by atoms with Crippen molar-refractivity contribution in [1.82, 2.24) is 9.78 Å². The van der Waals surface area contributed by atoms with E-state index in [2.05, 4.69) is 5.10 Å². The third kappa shape index (κ3) is 3.53. The fourth-order valence-corrected chi connectivity index (χ4v) is 5.02. The molecule has 2 aliphatic rings. The van der Waals surface area contributed by atoms with Gasteiger partial charge in [-0.1, -0.05) is 11.8 Å². The molecule has 0 aliphatic carbocycles. The summed E-state index contributed by atoms with van der Waals surface area (Å²) in [5.74, 6) is 2.50. The minimum atomic E-state index is -0.262. The molecule has 156 valence electrons. The molecule has 0 unspecified atom stereocenters. The topological polar surface area (TPSA) is 87.1 Å². The Labute approximate surface area is 173 Å². The maximum atomic E-state index is 13.0. The van der Waals surface area contributed by atoms with E-state index in [0.29, 0.717) is 41.8 Å². The second kappa shape index (κ2) is 8.16. The lowest BCUT2D eigenvalue weighted by Gasteiger charge is -2.27. The summed E-state index contributed by atoms with van der Waals surface area (Å²) in [6.45, 7) is 3.33. The van der Waals surface area contributed by atoms with Crippen LogP contribution in [-0.4, -0.2) is 49.4 Å². The van der Waals surface area contributed by atoms with Gasteiger partial charge in [0.2, 0.25) is 0 Å². The number of hydrogen-bond donors (Lipinski definition) is 1. The summed E-state index contributed by atoms with van der Waals surface area (Å²) < 4.78 is 23.9. The summed E-state index contributed by atoms with van der Waals surface area (Å²) in [5.41, 5.74) is 1.36. The minimum Gasteiger partial charge on any atom is -0.496 e. The third-order valence-corrected chi connectivity index (χ3v) is 6.48. The van der Waals surface area contributed by atoms with Crippen LogP contribution in [0.5, 0.6) is 17.2 Å². The van der Waals surface area contributed by atoms with E-state index >= 15 is 0 Å². The number of nitrogens with zero attached hydrogens (tertiary/aromatic N) is 2. The second-order valence-corrected chi connectivity index (χ2v) is 8.27. The summed E-state index contributed by atoms with van der Waals surface area (Å²) in [6, 6.07) is 3.84. The van der Waals surface area contributed by atoms with Crippen LogP contribution in [0.1, 0.15) is 42.2 Å². The van der Waals surface area contributed by atoms with Gasteiger partial charge in [-0.25, -0.2) is 4.99 Å². The van der Waals surface area contributed by atoms with Crippen LogP contribution in [0.4, 0.5) is 5.82 Å². The average molecular weight is 420 g/mol. The van der Waals surface area contributed by atoms with Gasteiger partial charge in [0.15, 0.2) is 17.3 Å². The largest absolute Gasteiger partial charge is 0.496 e. The zero-order valence-corrected chi connectivity index (χ0v) is 17.8. The quantitative estimate of drug-likeness (QED) is 0.799. The highest BCUT2D eigenvalue weighted by Crippen LogP contribution is 2.49. The van der Waals surface area contributed by atoms with Crippen molar-refractivity contribution in [3.05, 3.63) is 33.6 Å². The van der Waals surface area contributed by atoms with Crippen LogP contribution in [-0.2, 0) is 4.74 Å². The Morgan fingerprint density at radius 2 is 1.76 bits per heavy atom. The fourth-order valence-electron chi connectivity index (χ4n) is 3.89. The number of aliphatic imine (C=N–C) groups is 1. The number of hydrogen-bond acceptors (Lipinski definition) is 7. The van der Waals surface area contributed by atoms with E-state index in [1.54, 1.807) is 27.4 Å².